The number of esters is 6. The van der Waals surface area contributed by atoms with Gasteiger partial charge in [0.1, 0.15) is 59.7 Å². The third kappa shape index (κ3) is 7.88. The Morgan fingerprint density at radius 3 is 2.22 bits per heavy atom. The van der Waals surface area contributed by atoms with Crippen LogP contribution in [0.25, 0.3) is 0 Å². The lowest BCUT2D eigenvalue weighted by Gasteiger charge is -2.66. The molecule has 1 unspecified atom stereocenters. The van der Waals surface area contributed by atoms with Crippen molar-refractivity contribution in [1.82, 2.24) is 15.0 Å². The number of ether oxygens (including phenoxy) is 9. The van der Waals surface area contributed by atoms with Crippen molar-refractivity contribution in [3.8, 4) is 23.0 Å². The molecule has 0 amide bonds. The Morgan fingerprint density at radius 1 is 0.791 bits per heavy atom. The summed E-state index contributed by atoms with van der Waals surface area (Å²) in [6, 6.07) is 17.0. The molecule has 4 aliphatic heterocycles. The van der Waals surface area contributed by atoms with Crippen LogP contribution in [-0.2, 0) is 80.7 Å². The number of hydrogen-bond donors (Lipinski definition) is 3. The Kier molecular flexibility index (Phi) is 13.3. The minimum absolute atomic E-state index is 0.0124. The smallest absolute Gasteiger partial charge is 0.341 e. The molecular weight excluding hydrogens is 1110 g/mol. The molecule has 5 heterocycles. The number of aliphatic hydroxyl groups is 2. The molecule has 0 bridgehead atoms. The molecule has 1 aromatic heterocycles. The number of aliphatic hydroxyl groups excluding tert-OH is 1. The summed E-state index contributed by atoms with van der Waals surface area (Å²) in [5.41, 5.74) is -5.25. The van der Waals surface area contributed by atoms with Gasteiger partial charge in [-0.25, -0.2) is 9.59 Å². The first-order chi connectivity index (χ1) is 40.8. The number of hydrogen-bond acceptors (Lipinski definition) is 21. The van der Waals surface area contributed by atoms with Crippen molar-refractivity contribution in [2.45, 2.75) is 168 Å². The maximum Gasteiger partial charge on any atom is 0.341 e. The van der Waals surface area contributed by atoms with Crippen LogP contribution in [0.4, 0.5) is 0 Å². The summed E-state index contributed by atoms with van der Waals surface area (Å²) in [6.07, 6.45) is -3.90. The van der Waals surface area contributed by atoms with Crippen molar-refractivity contribution >= 4 is 41.6 Å². The van der Waals surface area contributed by atoms with Crippen molar-refractivity contribution in [3.63, 3.8) is 0 Å². The summed E-state index contributed by atoms with van der Waals surface area (Å²) in [5, 5.41) is 44.8. The average Bonchev–Trinajstić information content (AvgIpc) is 1.44. The lowest BCUT2D eigenvalue weighted by atomic mass is 9.40. The Morgan fingerprint density at radius 2 is 1.50 bits per heavy atom. The van der Waals surface area contributed by atoms with Gasteiger partial charge in [-0.2, -0.15) is 0 Å². The molecule has 13 rings (SSSR count). The molecule has 22 nitrogen and oxygen atoms in total. The standard InChI is InChI=1S/C64H71N3O19/c1-10-33-23-41-51(73)53(83-45(72)17-13-14-22-67-27-34(65-66-67)28-78-36-19-21-40-43(26-36)82-42-25-35(71)18-20-39(42)63(40)38-16-12-11-15-37(38)57(75)85-63)46-48-52(74)50-47(29(2)55-64(84-55)61(50,8)62(9,77)58(76)86-64)60(48,7)56(81-32(5)70)54(80-31(4)69)49(46)59(41,6)44(24-33)79-30(3)68/h11-12,15-16,18-21,25-27,29,33,41,44,46-50,52-56,71,74,77H,10,13-14,17,22-24,28H2,1-9H3/t29-,33-,41+,44-,46-,47-,48+,49+,50-,52+,53+,54-,55+,56-,59+,60+,61-,62+,63?,64-/m0/s1. The van der Waals surface area contributed by atoms with Gasteiger partial charge in [0, 0.05) is 103 Å². The van der Waals surface area contributed by atoms with Gasteiger partial charge in [0.05, 0.1) is 23.3 Å². The van der Waals surface area contributed by atoms with Crippen molar-refractivity contribution in [2.75, 3.05) is 0 Å². The zero-order valence-corrected chi connectivity index (χ0v) is 49.3. The maximum atomic E-state index is 15.9. The van der Waals surface area contributed by atoms with E-state index in [1.165, 1.54) is 39.8 Å². The van der Waals surface area contributed by atoms with E-state index < -0.39 is 153 Å². The Hall–Kier alpha value is -7.43. The number of nitrogens with zero attached hydrogens (tertiary/aromatic N) is 3. The van der Waals surface area contributed by atoms with Crippen LogP contribution in [0.3, 0.4) is 0 Å². The number of ketones is 1. The second-order valence-corrected chi connectivity index (χ2v) is 26.2. The number of Topliss-reactive ketones (excluding diaryl/α,β-unsaturated/α-hetero) is 1. The number of rotatable bonds is 13. The molecule has 2 spiro atoms. The fourth-order valence-electron chi connectivity index (χ4n) is 18.3. The molecular formula is C64H71N3O19. The summed E-state index contributed by atoms with van der Waals surface area (Å²) < 4.78 is 58.2. The van der Waals surface area contributed by atoms with Gasteiger partial charge in [-0.15, -0.1) is 5.10 Å². The van der Waals surface area contributed by atoms with Gasteiger partial charge in [0.2, 0.25) is 5.79 Å². The summed E-state index contributed by atoms with van der Waals surface area (Å²) >= 11 is 0. The molecule has 7 fully saturated rings. The Balaban J connectivity index is 0.763. The molecule has 86 heavy (non-hydrogen) atoms. The number of fused-ring (bicyclic) bond motifs is 14. The average molecular weight is 1190 g/mol. The van der Waals surface area contributed by atoms with Gasteiger partial charge in [-0.3, -0.25) is 28.7 Å². The fourth-order valence-corrected chi connectivity index (χ4v) is 18.3. The minimum atomic E-state index is -2.21. The van der Waals surface area contributed by atoms with E-state index in [1.54, 1.807) is 54.2 Å². The molecule has 0 radical (unpaired) electrons. The van der Waals surface area contributed by atoms with Crippen LogP contribution in [-0.4, -0.2) is 120 Å². The van der Waals surface area contributed by atoms with Crippen LogP contribution in [0.15, 0.2) is 66.9 Å². The van der Waals surface area contributed by atoms with Crippen molar-refractivity contribution < 1.29 is 91.5 Å². The number of carbonyl (C=O) groups is 7. The highest BCUT2D eigenvalue weighted by Gasteiger charge is 2.93. The first-order valence-corrected chi connectivity index (χ1v) is 29.8. The first kappa shape index (κ1) is 57.6. The molecule has 22 heteroatoms. The summed E-state index contributed by atoms with van der Waals surface area (Å²) in [4.78, 5) is 97.9. The van der Waals surface area contributed by atoms with Crippen LogP contribution in [0.2, 0.25) is 0 Å². The highest BCUT2D eigenvalue weighted by Crippen LogP contribution is 2.81. The van der Waals surface area contributed by atoms with Crippen LogP contribution >= 0.6 is 0 Å². The minimum Gasteiger partial charge on any atom is -0.508 e. The summed E-state index contributed by atoms with van der Waals surface area (Å²) in [7, 11) is 0. The van der Waals surface area contributed by atoms with Crippen LogP contribution in [0, 0.1) is 63.6 Å². The van der Waals surface area contributed by atoms with E-state index in [2.05, 4.69) is 10.3 Å². The number of epoxide rings is 1. The molecule has 456 valence electrons. The highest BCUT2D eigenvalue weighted by molar-refractivity contribution is 5.97. The normalized spacial score (nSPS) is 39.6. The van der Waals surface area contributed by atoms with Gasteiger partial charge in [0.15, 0.2) is 23.1 Å². The number of aromatic nitrogens is 3. The van der Waals surface area contributed by atoms with Gasteiger partial charge in [-0.1, -0.05) is 57.5 Å². The van der Waals surface area contributed by atoms with Gasteiger partial charge < -0.3 is 58.0 Å². The largest absolute Gasteiger partial charge is 0.508 e. The Labute approximate surface area is 495 Å². The summed E-state index contributed by atoms with van der Waals surface area (Å²) in [6.45, 7) is 14.5. The predicted octanol–water partition coefficient (Wildman–Crippen LogP) is 6.57. The van der Waals surface area contributed by atoms with E-state index in [-0.39, 0.29) is 31.1 Å². The maximum absolute atomic E-state index is 15.9. The second kappa shape index (κ2) is 19.8. The highest BCUT2D eigenvalue weighted by atomic mass is 16.8. The van der Waals surface area contributed by atoms with Crippen LogP contribution < -0.4 is 9.47 Å². The number of unbranched alkanes of at least 4 members (excludes halogenated alkanes) is 1. The van der Waals surface area contributed by atoms with E-state index in [0.29, 0.717) is 77.4 Å². The lowest BCUT2D eigenvalue weighted by molar-refractivity contribution is -0.278. The van der Waals surface area contributed by atoms with E-state index >= 15 is 4.79 Å². The van der Waals surface area contributed by atoms with E-state index in [1.807, 2.05) is 39.8 Å². The Bertz CT molecular complexity index is 3550. The fraction of sp³-hybridized carbons (Fsp3) is 0.578. The van der Waals surface area contributed by atoms with Crippen molar-refractivity contribution in [2.24, 2.45) is 63.6 Å². The third-order valence-corrected chi connectivity index (χ3v) is 22.0. The SMILES string of the molecule is CC[C@@H]1C[C@H](OC(C)=O)[C@]2(C)[C@H]3[C@H](OC(C)=O)[C@H](OC(C)=O)[C@@]4(C)[C@@H]([C@@H](O)[C@@H]5[C@@H]4[C@H](C)[C@H]4O[C@]46OC(=O)[C@@](C)(O)[C@]56C)[C@@H]3[C@@H](OC(=O)CCCCn3cc(COc4ccc5c(c4)Oc4cc(O)ccc4C54OC(=O)c5ccccc54)nn3)C(=O)[C@H]2C1. The first-order valence-electron chi connectivity index (χ1n) is 29.8. The number of aromatic hydroxyl groups is 1. The third-order valence-electron chi connectivity index (χ3n) is 22.0. The van der Waals surface area contributed by atoms with E-state index in [9.17, 15) is 44.1 Å². The molecule has 20 atom stereocenters. The quantitative estimate of drug-likeness (QED) is 0.0552. The van der Waals surface area contributed by atoms with Crippen LogP contribution in [0.1, 0.15) is 134 Å². The second-order valence-electron chi connectivity index (χ2n) is 26.2. The molecule has 4 aromatic rings. The number of carbonyl (C=O) groups excluding carboxylic acids is 7. The molecule has 3 N–H and O–H groups in total. The van der Waals surface area contributed by atoms with Gasteiger partial charge in [0.25, 0.3) is 0 Å². The number of phenols is 1. The predicted molar refractivity (Wildman–Crippen MR) is 294 cm³/mol. The molecule has 2 saturated heterocycles. The number of phenolic OH excluding ortho intramolecular Hbond substituents is 1. The molecule has 5 saturated carbocycles. The van der Waals surface area contributed by atoms with Crippen LogP contribution in [0.5, 0.6) is 23.0 Å². The topological polar surface area (TPSA) is 297 Å². The van der Waals surface area contributed by atoms with Crippen molar-refractivity contribution in [3.05, 3.63) is 94.8 Å². The van der Waals surface area contributed by atoms with E-state index in [0.717, 1.165) is 0 Å². The molecule has 3 aromatic carbocycles. The van der Waals surface area contributed by atoms with E-state index in [4.69, 9.17) is 42.6 Å². The monoisotopic (exact) mass is 1190 g/mol. The molecule has 5 aliphatic carbocycles. The zero-order valence-electron chi connectivity index (χ0n) is 49.3. The zero-order chi connectivity index (χ0) is 61.1. The van der Waals surface area contributed by atoms with Gasteiger partial charge in [-0.05, 0) is 87.6 Å². The number of aryl methyl sites for hydroxylation is 1. The van der Waals surface area contributed by atoms with Crippen molar-refractivity contribution in [1.29, 1.82) is 0 Å². The summed E-state index contributed by atoms with van der Waals surface area (Å²) in [5.74, 6) is -11.9. The van der Waals surface area contributed by atoms with Gasteiger partial charge >= 0.3 is 35.8 Å². The lowest BCUT2D eigenvalue weighted by Crippen LogP contribution is -2.74. The molecule has 9 aliphatic rings. The number of benzene rings is 3.